The molecule has 0 unspecified atom stereocenters. The Balaban J connectivity index is 2.09. The molecule has 0 amide bonds. The van der Waals surface area contributed by atoms with Crippen LogP contribution in [0.2, 0.25) is 0 Å². The van der Waals surface area contributed by atoms with Crippen LogP contribution < -0.4 is 0 Å². The summed E-state index contributed by atoms with van der Waals surface area (Å²) in [6, 6.07) is 4.02. The third-order valence-electron chi connectivity index (χ3n) is 3.78. The van der Waals surface area contributed by atoms with E-state index in [1.54, 1.807) is 0 Å². The number of hydrogen-bond acceptors (Lipinski definition) is 4. The zero-order valence-electron chi connectivity index (χ0n) is 12.0. The summed E-state index contributed by atoms with van der Waals surface area (Å²) in [6.07, 6.45) is 10.7. The van der Waals surface area contributed by atoms with Crippen molar-refractivity contribution < 1.29 is 9.53 Å². The molecule has 0 aliphatic heterocycles. The number of aromatic nitrogens is 1. The Kier molecular flexibility index (Phi) is 4.15. The minimum Gasteiger partial charge on any atom is -0.465 e. The van der Waals surface area contributed by atoms with Gasteiger partial charge < -0.3 is 4.74 Å². The van der Waals surface area contributed by atoms with Crippen molar-refractivity contribution in [2.45, 2.75) is 25.7 Å². The highest BCUT2D eigenvalue weighted by atomic mass is 32.1. The first kappa shape index (κ1) is 14.0. The minimum absolute atomic E-state index is 0.285. The number of hydrogen-bond donors (Lipinski definition) is 0. The first-order valence-electron chi connectivity index (χ1n) is 7.11. The summed E-state index contributed by atoms with van der Waals surface area (Å²) in [6.45, 7) is 0. The molecule has 3 rings (SSSR count). The standard InChI is InChI=1S/C17H17NO2S/c1-20-17(19)16-14(8-10-21-16)15-11-18-9-7-13(15)12-5-3-2-4-6-12/h5,7-11H,2-4,6H2,1H3. The van der Waals surface area contributed by atoms with E-state index in [2.05, 4.69) is 11.1 Å². The Morgan fingerprint density at radius 2 is 2.14 bits per heavy atom. The van der Waals surface area contributed by atoms with Crippen LogP contribution in [-0.4, -0.2) is 18.1 Å². The summed E-state index contributed by atoms with van der Waals surface area (Å²) >= 11 is 1.41. The molecule has 3 nitrogen and oxygen atoms in total. The summed E-state index contributed by atoms with van der Waals surface area (Å²) in [5.41, 5.74) is 4.49. The predicted molar refractivity (Wildman–Crippen MR) is 85.3 cm³/mol. The van der Waals surface area contributed by atoms with Gasteiger partial charge in [0, 0.05) is 23.5 Å². The SMILES string of the molecule is COC(=O)c1sccc1-c1cnccc1C1=CCCCC1. The van der Waals surface area contributed by atoms with Crippen LogP contribution in [0.15, 0.2) is 36.0 Å². The fourth-order valence-electron chi connectivity index (χ4n) is 2.74. The van der Waals surface area contributed by atoms with E-state index in [4.69, 9.17) is 4.74 Å². The normalized spacial score (nSPS) is 14.6. The molecule has 0 atom stereocenters. The van der Waals surface area contributed by atoms with Crippen molar-refractivity contribution in [3.8, 4) is 11.1 Å². The predicted octanol–water partition coefficient (Wildman–Crippen LogP) is 4.55. The second-order valence-corrected chi connectivity index (χ2v) is 5.97. The molecule has 0 radical (unpaired) electrons. The van der Waals surface area contributed by atoms with Gasteiger partial charge in [-0.3, -0.25) is 4.98 Å². The molecule has 0 bridgehead atoms. The number of ether oxygens (including phenoxy) is 1. The van der Waals surface area contributed by atoms with Gasteiger partial charge in [0.05, 0.1) is 7.11 Å². The van der Waals surface area contributed by atoms with Crippen molar-refractivity contribution in [2.75, 3.05) is 7.11 Å². The average Bonchev–Trinajstić information content (AvgIpc) is 3.04. The number of rotatable bonds is 3. The van der Waals surface area contributed by atoms with Crippen LogP contribution in [0.3, 0.4) is 0 Å². The number of carbonyl (C=O) groups is 1. The van der Waals surface area contributed by atoms with Gasteiger partial charge in [0.15, 0.2) is 0 Å². The summed E-state index contributed by atoms with van der Waals surface area (Å²) in [5, 5.41) is 1.92. The van der Waals surface area contributed by atoms with Gasteiger partial charge in [-0.1, -0.05) is 6.08 Å². The Hall–Kier alpha value is -1.94. The van der Waals surface area contributed by atoms with Gasteiger partial charge in [-0.25, -0.2) is 4.79 Å². The third-order valence-corrected chi connectivity index (χ3v) is 4.68. The molecule has 0 saturated carbocycles. The highest BCUT2D eigenvalue weighted by Crippen LogP contribution is 2.36. The maximum atomic E-state index is 11.9. The van der Waals surface area contributed by atoms with Gasteiger partial charge >= 0.3 is 5.97 Å². The highest BCUT2D eigenvalue weighted by Gasteiger charge is 2.19. The van der Waals surface area contributed by atoms with Crippen molar-refractivity contribution in [1.29, 1.82) is 0 Å². The first-order valence-corrected chi connectivity index (χ1v) is 7.99. The van der Waals surface area contributed by atoms with Crippen molar-refractivity contribution in [3.05, 3.63) is 46.4 Å². The van der Waals surface area contributed by atoms with E-state index in [9.17, 15) is 4.79 Å². The smallest absolute Gasteiger partial charge is 0.348 e. The lowest BCUT2D eigenvalue weighted by atomic mass is 9.89. The Labute approximate surface area is 128 Å². The van der Waals surface area contributed by atoms with Gasteiger partial charge in [-0.05, 0) is 54.3 Å². The largest absolute Gasteiger partial charge is 0.465 e. The molecular formula is C17H17NO2S. The number of esters is 1. The molecule has 0 fully saturated rings. The monoisotopic (exact) mass is 299 g/mol. The molecule has 0 aromatic carbocycles. The van der Waals surface area contributed by atoms with E-state index >= 15 is 0 Å². The number of pyridine rings is 1. The summed E-state index contributed by atoms with van der Waals surface area (Å²) < 4.78 is 4.88. The maximum Gasteiger partial charge on any atom is 0.348 e. The molecule has 2 aromatic heterocycles. The molecule has 4 heteroatoms. The first-order chi connectivity index (χ1) is 10.3. The van der Waals surface area contributed by atoms with E-state index in [1.807, 2.05) is 29.9 Å². The van der Waals surface area contributed by atoms with E-state index < -0.39 is 0 Å². The number of nitrogens with zero attached hydrogens (tertiary/aromatic N) is 1. The van der Waals surface area contributed by atoms with Crippen molar-refractivity contribution >= 4 is 22.9 Å². The van der Waals surface area contributed by atoms with Gasteiger partial charge in [0.1, 0.15) is 4.88 Å². The number of methoxy groups -OCH3 is 1. The summed E-state index contributed by atoms with van der Waals surface area (Å²) in [7, 11) is 1.42. The zero-order valence-corrected chi connectivity index (χ0v) is 12.8. The molecule has 0 saturated heterocycles. The molecule has 1 aliphatic carbocycles. The van der Waals surface area contributed by atoms with E-state index in [-0.39, 0.29) is 5.97 Å². The van der Waals surface area contributed by atoms with Crippen LogP contribution in [0.4, 0.5) is 0 Å². The lowest BCUT2D eigenvalue weighted by Gasteiger charge is -2.16. The van der Waals surface area contributed by atoms with Crippen LogP contribution in [0.1, 0.15) is 40.9 Å². The molecule has 0 N–H and O–H groups in total. The topological polar surface area (TPSA) is 39.2 Å². The van der Waals surface area contributed by atoms with E-state index in [0.717, 1.165) is 24.0 Å². The second kappa shape index (κ2) is 6.22. The third kappa shape index (κ3) is 2.76. The number of thiophene rings is 1. The lowest BCUT2D eigenvalue weighted by molar-refractivity contribution is 0.0607. The van der Waals surface area contributed by atoms with Crippen LogP contribution in [0.5, 0.6) is 0 Å². The van der Waals surface area contributed by atoms with Gasteiger partial charge in [0.25, 0.3) is 0 Å². The molecule has 2 aromatic rings. The van der Waals surface area contributed by atoms with E-state index in [1.165, 1.54) is 42.4 Å². The molecule has 1 aliphatic rings. The highest BCUT2D eigenvalue weighted by molar-refractivity contribution is 7.12. The molecular weight excluding hydrogens is 282 g/mol. The van der Waals surface area contributed by atoms with Gasteiger partial charge in [0.2, 0.25) is 0 Å². The average molecular weight is 299 g/mol. The van der Waals surface area contributed by atoms with E-state index in [0.29, 0.717) is 4.88 Å². The number of allylic oxidation sites excluding steroid dienone is 2. The molecule has 108 valence electrons. The van der Waals surface area contributed by atoms with Crippen molar-refractivity contribution in [1.82, 2.24) is 4.98 Å². The van der Waals surface area contributed by atoms with Crippen LogP contribution >= 0.6 is 11.3 Å². The van der Waals surface area contributed by atoms with Crippen LogP contribution in [0, 0.1) is 0 Å². The minimum atomic E-state index is -0.285. The Bertz CT molecular complexity index is 688. The fraction of sp³-hybridized carbons (Fsp3) is 0.294. The van der Waals surface area contributed by atoms with Crippen LogP contribution in [-0.2, 0) is 4.74 Å². The number of carbonyl (C=O) groups excluding carboxylic acids is 1. The second-order valence-electron chi connectivity index (χ2n) is 5.05. The maximum absolute atomic E-state index is 11.9. The van der Waals surface area contributed by atoms with Crippen molar-refractivity contribution in [3.63, 3.8) is 0 Å². The summed E-state index contributed by atoms with van der Waals surface area (Å²) in [5.74, 6) is -0.285. The molecule has 2 heterocycles. The zero-order chi connectivity index (χ0) is 14.7. The fourth-order valence-corrected chi connectivity index (χ4v) is 3.57. The Morgan fingerprint density at radius 1 is 1.24 bits per heavy atom. The quantitative estimate of drug-likeness (QED) is 0.780. The Morgan fingerprint density at radius 3 is 2.90 bits per heavy atom. The molecule has 21 heavy (non-hydrogen) atoms. The summed E-state index contributed by atoms with van der Waals surface area (Å²) in [4.78, 5) is 16.8. The van der Waals surface area contributed by atoms with Crippen LogP contribution in [0.25, 0.3) is 16.7 Å². The van der Waals surface area contributed by atoms with Gasteiger partial charge in [-0.2, -0.15) is 0 Å². The molecule has 0 spiro atoms. The van der Waals surface area contributed by atoms with Crippen molar-refractivity contribution in [2.24, 2.45) is 0 Å². The van der Waals surface area contributed by atoms with Gasteiger partial charge in [-0.15, -0.1) is 11.3 Å². The lowest BCUT2D eigenvalue weighted by Crippen LogP contribution is -2.01.